The van der Waals surface area contributed by atoms with Gasteiger partial charge < -0.3 is 19.3 Å². The fourth-order valence-electron chi connectivity index (χ4n) is 2.66. The van der Waals surface area contributed by atoms with Crippen LogP contribution in [0.2, 0.25) is 0 Å². The minimum absolute atomic E-state index is 0.250. The molecule has 0 saturated carbocycles. The summed E-state index contributed by atoms with van der Waals surface area (Å²) in [6.45, 7) is 1.35. The van der Waals surface area contributed by atoms with Crippen LogP contribution in [0.3, 0.4) is 0 Å². The lowest BCUT2D eigenvalue weighted by Crippen LogP contribution is -2.36. The van der Waals surface area contributed by atoms with E-state index in [2.05, 4.69) is 5.16 Å². The number of carboxylic acids is 1. The number of piperidine rings is 1. The van der Waals surface area contributed by atoms with Gasteiger partial charge in [0.25, 0.3) is 0 Å². The van der Waals surface area contributed by atoms with Crippen molar-refractivity contribution in [2.45, 2.75) is 12.8 Å². The van der Waals surface area contributed by atoms with Crippen LogP contribution in [0.4, 0.5) is 5.88 Å². The zero-order chi connectivity index (χ0) is 15.5. The molecule has 0 bridgehead atoms. The van der Waals surface area contributed by atoms with E-state index in [1.54, 1.807) is 7.11 Å². The minimum atomic E-state index is -0.712. The maximum absolute atomic E-state index is 11.0. The summed E-state index contributed by atoms with van der Waals surface area (Å²) < 4.78 is 10.5. The Bertz CT molecular complexity index is 642. The molecule has 3 rings (SSSR count). The van der Waals surface area contributed by atoms with E-state index in [1.165, 1.54) is 0 Å². The molecule has 0 aliphatic carbocycles. The fourth-order valence-corrected chi connectivity index (χ4v) is 2.66. The van der Waals surface area contributed by atoms with E-state index in [0.29, 0.717) is 31.8 Å². The lowest BCUT2D eigenvalue weighted by Gasteiger charge is -2.29. The lowest BCUT2D eigenvalue weighted by atomic mass is 9.97. The molecule has 1 aliphatic heterocycles. The van der Waals surface area contributed by atoms with Crippen LogP contribution in [0.25, 0.3) is 11.3 Å². The molecule has 1 aromatic carbocycles. The van der Waals surface area contributed by atoms with Crippen LogP contribution in [-0.4, -0.2) is 36.4 Å². The Balaban J connectivity index is 1.70. The first kappa shape index (κ1) is 14.4. The topological polar surface area (TPSA) is 75.8 Å². The van der Waals surface area contributed by atoms with Crippen molar-refractivity contribution in [1.82, 2.24) is 5.16 Å². The second-order valence-electron chi connectivity index (χ2n) is 5.38. The molecule has 0 radical (unpaired) electrons. The SMILES string of the molecule is COc1ccc(-c2cc(N3CCC(C(=O)O)CC3)on2)cc1. The Hall–Kier alpha value is -2.50. The predicted octanol–water partition coefficient (Wildman–Crippen LogP) is 2.65. The standard InChI is InChI=1S/C16H18N2O4/c1-21-13-4-2-11(3-5-13)14-10-15(22-17-14)18-8-6-12(7-9-18)16(19)20/h2-5,10,12H,6-9H2,1H3,(H,19,20). The smallest absolute Gasteiger partial charge is 0.306 e. The van der Waals surface area contributed by atoms with Crippen LogP contribution >= 0.6 is 0 Å². The van der Waals surface area contributed by atoms with Gasteiger partial charge in [-0.2, -0.15) is 0 Å². The Morgan fingerprint density at radius 1 is 1.32 bits per heavy atom. The van der Waals surface area contributed by atoms with Crippen LogP contribution in [-0.2, 0) is 4.79 Å². The largest absolute Gasteiger partial charge is 0.497 e. The lowest BCUT2D eigenvalue weighted by molar-refractivity contribution is -0.142. The van der Waals surface area contributed by atoms with Crippen molar-refractivity contribution >= 4 is 11.9 Å². The van der Waals surface area contributed by atoms with Crippen molar-refractivity contribution in [1.29, 1.82) is 0 Å². The van der Waals surface area contributed by atoms with E-state index < -0.39 is 5.97 Å². The third-order valence-corrected chi connectivity index (χ3v) is 4.04. The number of carbonyl (C=O) groups is 1. The zero-order valence-corrected chi connectivity index (χ0v) is 12.4. The highest BCUT2D eigenvalue weighted by atomic mass is 16.5. The number of hydrogen-bond donors (Lipinski definition) is 1. The molecule has 1 N–H and O–H groups in total. The second kappa shape index (κ2) is 6.09. The van der Waals surface area contributed by atoms with E-state index in [-0.39, 0.29) is 5.92 Å². The molecule has 6 heteroatoms. The van der Waals surface area contributed by atoms with Gasteiger partial charge in [-0.3, -0.25) is 4.79 Å². The van der Waals surface area contributed by atoms with Crippen LogP contribution in [0, 0.1) is 5.92 Å². The minimum Gasteiger partial charge on any atom is -0.497 e. The van der Waals surface area contributed by atoms with E-state index in [9.17, 15) is 4.79 Å². The molecule has 1 saturated heterocycles. The maximum atomic E-state index is 11.0. The van der Waals surface area contributed by atoms with E-state index in [1.807, 2.05) is 35.2 Å². The Labute approximate surface area is 128 Å². The van der Waals surface area contributed by atoms with Crippen molar-refractivity contribution in [3.63, 3.8) is 0 Å². The van der Waals surface area contributed by atoms with E-state index in [4.69, 9.17) is 14.4 Å². The van der Waals surface area contributed by atoms with Gasteiger partial charge in [-0.1, -0.05) is 5.16 Å². The number of carboxylic acid groups (broad SMARTS) is 1. The van der Waals surface area contributed by atoms with E-state index in [0.717, 1.165) is 17.0 Å². The van der Waals surface area contributed by atoms with Gasteiger partial charge in [0.1, 0.15) is 11.4 Å². The van der Waals surface area contributed by atoms with Gasteiger partial charge in [0.2, 0.25) is 5.88 Å². The molecule has 116 valence electrons. The van der Waals surface area contributed by atoms with Crippen LogP contribution in [0.5, 0.6) is 5.75 Å². The van der Waals surface area contributed by atoms with Crippen molar-refractivity contribution in [2.24, 2.45) is 5.92 Å². The number of ether oxygens (including phenoxy) is 1. The molecule has 0 spiro atoms. The number of hydrogen-bond acceptors (Lipinski definition) is 5. The number of anilines is 1. The molecule has 2 heterocycles. The average molecular weight is 302 g/mol. The Morgan fingerprint density at radius 3 is 2.59 bits per heavy atom. The van der Waals surface area contributed by atoms with Gasteiger partial charge in [0.15, 0.2) is 0 Å². The molecular formula is C16H18N2O4. The fraction of sp³-hybridized carbons (Fsp3) is 0.375. The monoisotopic (exact) mass is 302 g/mol. The number of nitrogens with zero attached hydrogens (tertiary/aromatic N) is 2. The highest BCUT2D eigenvalue weighted by Crippen LogP contribution is 2.28. The molecule has 0 atom stereocenters. The third-order valence-electron chi connectivity index (χ3n) is 4.04. The Morgan fingerprint density at radius 2 is 2.00 bits per heavy atom. The molecule has 1 fully saturated rings. The molecule has 6 nitrogen and oxygen atoms in total. The first-order chi connectivity index (χ1) is 10.7. The highest BCUT2D eigenvalue weighted by Gasteiger charge is 2.26. The summed E-state index contributed by atoms with van der Waals surface area (Å²) in [5.74, 6) is 0.522. The van der Waals surface area contributed by atoms with Gasteiger partial charge in [0.05, 0.1) is 13.0 Å². The van der Waals surface area contributed by atoms with Gasteiger partial charge in [-0.05, 0) is 37.1 Å². The molecule has 1 aliphatic rings. The summed E-state index contributed by atoms with van der Waals surface area (Å²) in [7, 11) is 1.63. The summed E-state index contributed by atoms with van der Waals surface area (Å²) in [6, 6.07) is 9.50. The molecular weight excluding hydrogens is 284 g/mol. The summed E-state index contributed by atoms with van der Waals surface area (Å²) in [6.07, 6.45) is 1.27. The quantitative estimate of drug-likeness (QED) is 0.935. The van der Waals surface area contributed by atoms with Crippen LogP contribution in [0.1, 0.15) is 12.8 Å². The van der Waals surface area contributed by atoms with Crippen molar-refractivity contribution in [2.75, 3.05) is 25.1 Å². The maximum Gasteiger partial charge on any atom is 0.306 e. The number of rotatable bonds is 4. The van der Waals surface area contributed by atoms with Gasteiger partial charge in [-0.25, -0.2) is 0 Å². The average Bonchev–Trinajstić information content (AvgIpc) is 3.05. The van der Waals surface area contributed by atoms with Crippen LogP contribution in [0.15, 0.2) is 34.9 Å². The summed E-state index contributed by atoms with van der Waals surface area (Å²) in [5.41, 5.74) is 1.72. The second-order valence-corrected chi connectivity index (χ2v) is 5.38. The van der Waals surface area contributed by atoms with Crippen LogP contribution < -0.4 is 9.64 Å². The molecule has 22 heavy (non-hydrogen) atoms. The molecule has 2 aromatic rings. The van der Waals surface area contributed by atoms with Crippen molar-refractivity contribution in [3.05, 3.63) is 30.3 Å². The predicted molar refractivity (Wildman–Crippen MR) is 81.1 cm³/mol. The first-order valence-electron chi connectivity index (χ1n) is 7.26. The normalized spacial score (nSPS) is 15.8. The summed E-state index contributed by atoms with van der Waals surface area (Å²) in [5, 5.41) is 13.1. The first-order valence-corrected chi connectivity index (χ1v) is 7.26. The van der Waals surface area contributed by atoms with E-state index >= 15 is 0 Å². The van der Waals surface area contributed by atoms with Crippen molar-refractivity contribution in [3.8, 4) is 17.0 Å². The molecule has 0 unspecified atom stereocenters. The summed E-state index contributed by atoms with van der Waals surface area (Å²) >= 11 is 0. The molecule has 1 aromatic heterocycles. The number of methoxy groups -OCH3 is 1. The number of benzene rings is 1. The molecule has 0 amide bonds. The summed E-state index contributed by atoms with van der Waals surface area (Å²) in [4.78, 5) is 13.0. The number of aliphatic carboxylic acids is 1. The Kier molecular flexibility index (Phi) is 4.00. The van der Waals surface area contributed by atoms with Crippen molar-refractivity contribution < 1.29 is 19.2 Å². The number of aromatic nitrogens is 1. The highest BCUT2D eigenvalue weighted by molar-refractivity contribution is 5.70. The third kappa shape index (κ3) is 2.90. The van der Waals surface area contributed by atoms with Gasteiger partial charge in [0, 0.05) is 24.7 Å². The van der Waals surface area contributed by atoms with Gasteiger partial charge in [-0.15, -0.1) is 0 Å². The zero-order valence-electron chi connectivity index (χ0n) is 12.4. The van der Waals surface area contributed by atoms with Gasteiger partial charge >= 0.3 is 5.97 Å².